The van der Waals surface area contributed by atoms with E-state index in [1.54, 1.807) is 12.1 Å². The van der Waals surface area contributed by atoms with Crippen molar-refractivity contribution in [3.05, 3.63) is 23.8 Å². The molecule has 1 aliphatic carbocycles. The first-order valence-corrected chi connectivity index (χ1v) is 6.47. The van der Waals surface area contributed by atoms with E-state index in [-0.39, 0.29) is 17.7 Å². The normalized spacial score (nSPS) is 15.6. The van der Waals surface area contributed by atoms with Gasteiger partial charge in [0.2, 0.25) is 0 Å². The summed E-state index contributed by atoms with van der Waals surface area (Å²) in [5.41, 5.74) is 0.475. The van der Waals surface area contributed by atoms with Crippen molar-refractivity contribution in [3.8, 4) is 11.5 Å². The zero-order chi connectivity index (χ0) is 13.0. The molecule has 2 rings (SSSR count). The van der Waals surface area contributed by atoms with Crippen molar-refractivity contribution in [1.82, 2.24) is 5.32 Å². The summed E-state index contributed by atoms with van der Waals surface area (Å²) in [5.74, 6) is 0.297. The minimum Gasteiger partial charge on any atom is -0.504 e. The molecule has 0 bridgehead atoms. The first-order chi connectivity index (χ1) is 8.70. The van der Waals surface area contributed by atoms with E-state index >= 15 is 0 Å². The molecule has 0 spiro atoms. The summed E-state index contributed by atoms with van der Waals surface area (Å²) in [6, 6.07) is 5.04. The smallest absolute Gasteiger partial charge is 0.251 e. The first kappa shape index (κ1) is 12.7. The number of hydrogen-bond donors (Lipinski definition) is 2. The third-order valence-corrected chi connectivity index (χ3v) is 3.21. The molecule has 0 heterocycles. The fraction of sp³-hybridized carbons (Fsp3) is 0.500. The van der Waals surface area contributed by atoms with E-state index in [9.17, 15) is 9.90 Å². The minimum absolute atomic E-state index is 0.0101. The van der Waals surface area contributed by atoms with Gasteiger partial charge in [-0.1, -0.05) is 12.8 Å². The van der Waals surface area contributed by atoms with E-state index in [0.717, 1.165) is 12.8 Å². The number of amides is 1. The van der Waals surface area contributed by atoms with E-state index in [1.807, 2.05) is 6.92 Å². The summed E-state index contributed by atoms with van der Waals surface area (Å²) in [6.07, 6.45) is 4.46. The van der Waals surface area contributed by atoms with Gasteiger partial charge in [-0.05, 0) is 38.0 Å². The van der Waals surface area contributed by atoms with Crippen molar-refractivity contribution >= 4 is 5.91 Å². The highest BCUT2D eigenvalue weighted by Gasteiger charge is 2.18. The van der Waals surface area contributed by atoms with Crippen LogP contribution >= 0.6 is 0 Å². The zero-order valence-electron chi connectivity index (χ0n) is 10.6. The lowest BCUT2D eigenvalue weighted by atomic mass is 10.1. The topological polar surface area (TPSA) is 58.6 Å². The summed E-state index contributed by atoms with van der Waals surface area (Å²) in [5, 5.41) is 12.7. The van der Waals surface area contributed by atoms with Gasteiger partial charge in [-0.2, -0.15) is 0 Å². The maximum Gasteiger partial charge on any atom is 0.251 e. The summed E-state index contributed by atoms with van der Waals surface area (Å²) in [7, 11) is 0. The number of hydrogen-bond acceptors (Lipinski definition) is 3. The number of ether oxygens (including phenoxy) is 1. The second-order valence-corrected chi connectivity index (χ2v) is 4.57. The predicted molar refractivity (Wildman–Crippen MR) is 69.0 cm³/mol. The molecule has 1 aliphatic rings. The van der Waals surface area contributed by atoms with E-state index in [1.165, 1.54) is 18.9 Å². The van der Waals surface area contributed by atoms with Gasteiger partial charge in [0.1, 0.15) is 0 Å². The average Bonchev–Trinajstić information content (AvgIpc) is 2.84. The third kappa shape index (κ3) is 2.94. The third-order valence-electron chi connectivity index (χ3n) is 3.21. The number of aromatic hydroxyl groups is 1. The largest absolute Gasteiger partial charge is 0.504 e. The van der Waals surface area contributed by atoms with E-state index < -0.39 is 0 Å². The molecule has 1 amide bonds. The van der Waals surface area contributed by atoms with E-state index in [4.69, 9.17) is 4.74 Å². The molecule has 0 radical (unpaired) electrons. The highest BCUT2D eigenvalue weighted by Crippen LogP contribution is 2.27. The highest BCUT2D eigenvalue weighted by molar-refractivity contribution is 5.95. The van der Waals surface area contributed by atoms with Crippen molar-refractivity contribution in [3.63, 3.8) is 0 Å². The van der Waals surface area contributed by atoms with Crippen LogP contribution in [0.1, 0.15) is 43.0 Å². The van der Waals surface area contributed by atoms with Crippen molar-refractivity contribution in [2.75, 3.05) is 6.61 Å². The molecule has 0 aliphatic heterocycles. The van der Waals surface area contributed by atoms with Crippen LogP contribution in [0.25, 0.3) is 0 Å². The summed E-state index contributed by atoms with van der Waals surface area (Å²) in [4.78, 5) is 12.0. The Hall–Kier alpha value is -1.71. The monoisotopic (exact) mass is 249 g/mol. The second-order valence-electron chi connectivity index (χ2n) is 4.57. The molecular weight excluding hydrogens is 230 g/mol. The molecule has 1 fully saturated rings. The van der Waals surface area contributed by atoms with E-state index in [0.29, 0.717) is 17.9 Å². The van der Waals surface area contributed by atoms with Crippen LogP contribution in [0.2, 0.25) is 0 Å². The Morgan fingerprint density at radius 3 is 2.78 bits per heavy atom. The molecule has 1 saturated carbocycles. The molecule has 4 nitrogen and oxygen atoms in total. The van der Waals surface area contributed by atoms with Crippen LogP contribution in [0, 0.1) is 0 Å². The lowest BCUT2D eigenvalue weighted by molar-refractivity contribution is 0.0937. The van der Waals surface area contributed by atoms with Crippen molar-refractivity contribution in [1.29, 1.82) is 0 Å². The fourth-order valence-corrected chi connectivity index (χ4v) is 2.28. The molecule has 0 saturated heterocycles. The Balaban J connectivity index is 2.03. The van der Waals surface area contributed by atoms with Gasteiger partial charge in [0.15, 0.2) is 11.5 Å². The molecule has 0 unspecified atom stereocenters. The number of nitrogens with one attached hydrogen (secondary N) is 1. The van der Waals surface area contributed by atoms with Crippen LogP contribution < -0.4 is 10.1 Å². The Morgan fingerprint density at radius 2 is 2.17 bits per heavy atom. The zero-order valence-corrected chi connectivity index (χ0v) is 10.6. The maximum absolute atomic E-state index is 12.0. The van der Waals surface area contributed by atoms with Crippen LogP contribution in [-0.4, -0.2) is 23.7 Å². The van der Waals surface area contributed by atoms with Gasteiger partial charge in [0.05, 0.1) is 6.61 Å². The molecule has 98 valence electrons. The van der Waals surface area contributed by atoms with Crippen LogP contribution in [0.15, 0.2) is 18.2 Å². The lowest BCUT2D eigenvalue weighted by Gasteiger charge is -2.12. The van der Waals surface area contributed by atoms with Gasteiger partial charge in [0.25, 0.3) is 5.91 Å². The lowest BCUT2D eigenvalue weighted by Crippen LogP contribution is -2.32. The molecule has 2 N–H and O–H groups in total. The highest BCUT2D eigenvalue weighted by atomic mass is 16.5. The number of benzene rings is 1. The van der Waals surface area contributed by atoms with Crippen LogP contribution in [0.4, 0.5) is 0 Å². The molecule has 1 aromatic carbocycles. The predicted octanol–water partition coefficient (Wildman–Crippen LogP) is 2.46. The minimum atomic E-state index is -0.125. The van der Waals surface area contributed by atoms with Gasteiger partial charge in [-0.25, -0.2) is 0 Å². The SMILES string of the molecule is CCOc1ccc(C(=O)NC2CCCC2)cc1O. The second kappa shape index (κ2) is 5.76. The van der Waals surface area contributed by atoms with Crippen molar-refractivity contribution in [2.45, 2.75) is 38.6 Å². The van der Waals surface area contributed by atoms with E-state index in [2.05, 4.69) is 5.32 Å². The molecule has 0 aromatic heterocycles. The number of carbonyl (C=O) groups is 1. The summed E-state index contributed by atoms with van der Waals surface area (Å²) in [6.45, 7) is 2.33. The number of phenolic OH excluding ortho intramolecular Hbond substituents is 1. The first-order valence-electron chi connectivity index (χ1n) is 6.47. The standard InChI is InChI=1S/C14H19NO3/c1-2-18-13-8-7-10(9-12(13)16)14(17)15-11-5-3-4-6-11/h7-9,11,16H,2-6H2,1H3,(H,15,17). The van der Waals surface area contributed by atoms with Crippen molar-refractivity contribution < 1.29 is 14.6 Å². The Bertz CT molecular complexity index is 425. The summed E-state index contributed by atoms with van der Waals surface area (Å²) >= 11 is 0. The number of phenols is 1. The molecule has 18 heavy (non-hydrogen) atoms. The number of carbonyl (C=O) groups excluding carboxylic acids is 1. The van der Waals surface area contributed by atoms with Gasteiger partial charge in [-0.3, -0.25) is 4.79 Å². The molecule has 4 heteroatoms. The van der Waals surface area contributed by atoms with Crippen LogP contribution in [0.3, 0.4) is 0 Å². The Morgan fingerprint density at radius 1 is 1.44 bits per heavy atom. The average molecular weight is 249 g/mol. The Labute approximate surface area is 107 Å². The van der Waals surface area contributed by atoms with Crippen molar-refractivity contribution in [2.24, 2.45) is 0 Å². The van der Waals surface area contributed by atoms with Gasteiger partial charge in [0, 0.05) is 11.6 Å². The molecule has 1 aromatic rings. The fourth-order valence-electron chi connectivity index (χ4n) is 2.28. The quantitative estimate of drug-likeness (QED) is 0.861. The van der Waals surface area contributed by atoms with Gasteiger partial charge < -0.3 is 15.2 Å². The van der Waals surface area contributed by atoms with Crippen LogP contribution in [0.5, 0.6) is 11.5 Å². The molecular formula is C14H19NO3. The summed E-state index contributed by atoms with van der Waals surface area (Å²) < 4.78 is 5.22. The van der Waals surface area contributed by atoms with Gasteiger partial charge >= 0.3 is 0 Å². The van der Waals surface area contributed by atoms with Crippen LogP contribution in [-0.2, 0) is 0 Å². The Kier molecular flexibility index (Phi) is 4.07. The number of rotatable bonds is 4. The maximum atomic E-state index is 12.0. The molecule has 0 atom stereocenters. The van der Waals surface area contributed by atoms with Gasteiger partial charge in [-0.15, -0.1) is 0 Å².